The van der Waals surface area contributed by atoms with Crippen molar-refractivity contribution in [1.82, 2.24) is 5.32 Å². The van der Waals surface area contributed by atoms with Crippen molar-refractivity contribution in [1.29, 1.82) is 0 Å². The molecule has 1 aliphatic rings. The zero-order chi connectivity index (χ0) is 12.1. The van der Waals surface area contributed by atoms with E-state index in [1.807, 2.05) is 0 Å². The first-order valence-electron chi connectivity index (χ1n) is 6.08. The number of esters is 1. The second-order valence-corrected chi connectivity index (χ2v) is 5.66. The fraction of sp³-hybridized carbons (Fsp3) is 0.615. The minimum atomic E-state index is -0.232. The highest BCUT2D eigenvalue weighted by molar-refractivity contribution is 7.09. The van der Waals surface area contributed by atoms with Crippen LogP contribution in [0.3, 0.4) is 0 Å². The molecule has 1 heterocycles. The van der Waals surface area contributed by atoms with Gasteiger partial charge in [0.1, 0.15) is 0 Å². The molecule has 1 saturated carbocycles. The van der Waals surface area contributed by atoms with Gasteiger partial charge in [0.2, 0.25) is 0 Å². The fourth-order valence-electron chi connectivity index (χ4n) is 2.27. The highest BCUT2D eigenvalue weighted by Gasteiger charge is 2.44. The van der Waals surface area contributed by atoms with E-state index in [1.165, 1.54) is 12.0 Å². The lowest BCUT2D eigenvalue weighted by Crippen LogP contribution is -2.47. The average molecular weight is 253 g/mol. The minimum Gasteiger partial charge on any atom is -0.469 e. The number of methoxy groups -OCH3 is 1. The Morgan fingerprint density at radius 3 is 2.94 bits per heavy atom. The van der Waals surface area contributed by atoms with Crippen molar-refractivity contribution < 1.29 is 9.53 Å². The maximum absolute atomic E-state index is 11.7. The van der Waals surface area contributed by atoms with Gasteiger partial charge in [-0.05, 0) is 37.3 Å². The van der Waals surface area contributed by atoms with Crippen LogP contribution in [0.25, 0.3) is 0 Å². The summed E-state index contributed by atoms with van der Waals surface area (Å²) in [7, 11) is 1.48. The molecule has 0 amide bonds. The van der Waals surface area contributed by atoms with Crippen LogP contribution in [-0.4, -0.2) is 26.2 Å². The van der Waals surface area contributed by atoms with E-state index in [-0.39, 0.29) is 11.4 Å². The van der Waals surface area contributed by atoms with Crippen LogP contribution >= 0.6 is 11.3 Å². The molecule has 0 bridgehead atoms. The summed E-state index contributed by atoms with van der Waals surface area (Å²) in [5, 5.41) is 5.48. The van der Waals surface area contributed by atoms with Crippen molar-refractivity contribution in [2.45, 2.75) is 25.7 Å². The smallest absolute Gasteiger partial charge is 0.313 e. The first-order valence-corrected chi connectivity index (χ1v) is 6.96. The van der Waals surface area contributed by atoms with Crippen LogP contribution in [-0.2, 0) is 16.0 Å². The van der Waals surface area contributed by atoms with Gasteiger partial charge in [0, 0.05) is 11.4 Å². The summed E-state index contributed by atoms with van der Waals surface area (Å²) in [5.74, 6) is -0.0487. The zero-order valence-corrected chi connectivity index (χ0v) is 11.0. The lowest BCUT2D eigenvalue weighted by Gasteiger charge is -2.38. The van der Waals surface area contributed by atoms with Gasteiger partial charge in [-0.15, -0.1) is 11.3 Å². The molecule has 1 aromatic heterocycles. The third kappa shape index (κ3) is 2.87. The molecular formula is C13H19NO2S. The predicted octanol–water partition coefficient (Wildman–Crippen LogP) is 2.22. The van der Waals surface area contributed by atoms with Crippen molar-refractivity contribution >= 4 is 17.3 Å². The maximum atomic E-state index is 11.7. The molecule has 94 valence electrons. The van der Waals surface area contributed by atoms with Gasteiger partial charge in [-0.3, -0.25) is 4.79 Å². The van der Waals surface area contributed by atoms with Crippen molar-refractivity contribution in [3.8, 4) is 0 Å². The Morgan fingerprint density at radius 2 is 2.41 bits per heavy atom. The molecule has 1 N–H and O–H groups in total. The Labute approximate surface area is 106 Å². The summed E-state index contributed by atoms with van der Waals surface area (Å²) in [6.45, 7) is 1.68. The standard InChI is InChI=1S/C13H19NO2S/c1-16-12(15)13(6-3-7-13)10-14-8-5-11-4-2-9-17-11/h2,4,9,14H,3,5-8,10H2,1H3. The molecule has 3 nitrogen and oxygen atoms in total. The molecule has 0 saturated heterocycles. The highest BCUT2D eigenvalue weighted by Crippen LogP contribution is 2.41. The first kappa shape index (κ1) is 12.6. The zero-order valence-electron chi connectivity index (χ0n) is 10.2. The van der Waals surface area contributed by atoms with Crippen molar-refractivity contribution in [3.05, 3.63) is 22.4 Å². The molecule has 0 spiro atoms. The van der Waals surface area contributed by atoms with Crippen LogP contribution in [0, 0.1) is 5.41 Å². The van der Waals surface area contributed by atoms with E-state index in [4.69, 9.17) is 4.74 Å². The number of hydrogen-bond acceptors (Lipinski definition) is 4. The molecule has 0 atom stereocenters. The molecule has 0 unspecified atom stereocenters. The minimum absolute atomic E-state index is 0.0487. The fourth-order valence-corrected chi connectivity index (χ4v) is 2.98. The Hall–Kier alpha value is -0.870. The summed E-state index contributed by atoms with van der Waals surface area (Å²) in [4.78, 5) is 13.1. The lowest BCUT2D eigenvalue weighted by molar-refractivity contribution is -0.158. The van der Waals surface area contributed by atoms with E-state index in [0.29, 0.717) is 0 Å². The van der Waals surface area contributed by atoms with Crippen LogP contribution in [0.15, 0.2) is 17.5 Å². The van der Waals surface area contributed by atoms with E-state index >= 15 is 0 Å². The number of carbonyl (C=O) groups is 1. The molecule has 1 aliphatic carbocycles. The molecule has 0 aromatic carbocycles. The van der Waals surface area contributed by atoms with Crippen molar-refractivity contribution in [2.75, 3.05) is 20.2 Å². The Morgan fingerprint density at radius 1 is 1.59 bits per heavy atom. The van der Waals surface area contributed by atoms with Crippen molar-refractivity contribution in [3.63, 3.8) is 0 Å². The summed E-state index contributed by atoms with van der Waals surface area (Å²) in [6, 6.07) is 4.22. The van der Waals surface area contributed by atoms with Gasteiger partial charge in [0.25, 0.3) is 0 Å². The van der Waals surface area contributed by atoms with Crippen LogP contribution in [0.2, 0.25) is 0 Å². The lowest BCUT2D eigenvalue weighted by atomic mass is 9.68. The van der Waals surface area contributed by atoms with Gasteiger partial charge >= 0.3 is 5.97 Å². The molecule has 17 heavy (non-hydrogen) atoms. The Bertz CT molecular complexity index is 358. The molecule has 2 rings (SSSR count). The first-order chi connectivity index (χ1) is 8.27. The van der Waals surface area contributed by atoms with E-state index in [1.54, 1.807) is 11.3 Å². The van der Waals surface area contributed by atoms with Crippen LogP contribution < -0.4 is 5.32 Å². The number of carbonyl (C=O) groups excluding carboxylic acids is 1. The van der Waals surface area contributed by atoms with Crippen molar-refractivity contribution in [2.24, 2.45) is 5.41 Å². The molecule has 0 aliphatic heterocycles. The number of nitrogens with one attached hydrogen (secondary N) is 1. The van der Waals surface area contributed by atoms with E-state index in [0.717, 1.165) is 38.8 Å². The van der Waals surface area contributed by atoms with Gasteiger partial charge in [-0.1, -0.05) is 12.5 Å². The average Bonchev–Trinajstić information content (AvgIpc) is 2.79. The normalized spacial score (nSPS) is 17.5. The Balaban J connectivity index is 1.72. The second kappa shape index (κ2) is 5.65. The summed E-state index contributed by atoms with van der Waals surface area (Å²) >= 11 is 1.78. The van der Waals surface area contributed by atoms with E-state index in [9.17, 15) is 4.79 Å². The molecule has 0 radical (unpaired) electrons. The summed E-state index contributed by atoms with van der Waals surface area (Å²) in [5.41, 5.74) is -0.232. The van der Waals surface area contributed by atoms with Crippen LogP contribution in [0.4, 0.5) is 0 Å². The Kier molecular flexibility index (Phi) is 4.18. The van der Waals surface area contributed by atoms with Gasteiger partial charge in [-0.2, -0.15) is 0 Å². The van der Waals surface area contributed by atoms with E-state index in [2.05, 4.69) is 22.8 Å². The number of rotatable bonds is 6. The summed E-state index contributed by atoms with van der Waals surface area (Å²) in [6.07, 6.45) is 4.11. The largest absolute Gasteiger partial charge is 0.469 e. The van der Waals surface area contributed by atoms with Gasteiger partial charge in [-0.25, -0.2) is 0 Å². The molecule has 1 fully saturated rings. The van der Waals surface area contributed by atoms with Gasteiger partial charge in [0.05, 0.1) is 12.5 Å². The SMILES string of the molecule is COC(=O)C1(CNCCc2cccs2)CCC1. The highest BCUT2D eigenvalue weighted by atomic mass is 32.1. The second-order valence-electron chi connectivity index (χ2n) is 4.63. The number of hydrogen-bond donors (Lipinski definition) is 1. The monoisotopic (exact) mass is 253 g/mol. The van der Waals surface area contributed by atoms with Crippen LogP contribution in [0.1, 0.15) is 24.1 Å². The van der Waals surface area contributed by atoms with Gasteiger partial charge in [0.15, 0.2) is 0 Å². The quantitative estimate of drug-likeness (QED) is 0.624. The summed E-state index contributed by atoms with van der Waals surface area (Å²) < 4.78 is 4.88. The molecule has 4 heteroatoms. The van der Waals surface area contributed by atoms with Gasteiger partial charge < -0.3 is 10.1 Å². The maximum Gasteiger partial charge on any atom is 0.313 e. The third-order valence-corrected chi connectivity index (χ3v) is 4.46. The molecule has 1 aromatic rings. The number of thiophene rings is 1. The molecular weight excluding hydrogens is 234 g/mol. The number of ether oxygens (including phenoxy) is 1. The topological polar surface area (TPSA) is 38.3 Å². The van der Waals surface area contributed by atoms with Crippen LogP contribution in [0.5, 0.6) is 0 Å². The predicted molar refractivity (Wildman–Crippen MR) is 69.2 cm³/mol. The third-order valence-electron chi connectivity index (χ3n) is 3.52. The van der Waals surface area contributed by atoms with E-state index < -0.39 is 0 Å².